The number of hydrogen-bond acceptors (Lipinski definition) is 6. The molecule has 2 saturated heterocycles. The highest BCUT2D eigenvalue weighted by molar-refractivity contribution is 6.64. The summed E-state index contributed by atoms with van der Waals surface area (Å²) in [6, 6.07) is 0. The molecule has 2 heterocycles. The van der Waals surface area contributed by atoms with Crippen molar-refractivity contribution in [2.45, 2.75) is 65.1 Å². The highest BCUT2D eigenvalue weighted by Crippen LogP contribution is 2.28. The van der Waals surface area contributed by atoms with Crippen molar-refractivity contribution in [3.8, 4) is 0 Å². The van der Waals surface area contributed by atoms with E-state index in [0.29, 0.717) is 25.0 Å². The van der Waals surface area contributed by atoms with Gasteiger partial charge in [-0.2, -0.15) is 0 Å². The van der Waals surface area contributed by atoms with E-state index in [1.807, 2.05) is 0 Å². The molecule has 0 saturated carbocycles. The van der Waals surface area contributed by atoms with Crippen molar-refractivity contribution in [3.05, 3.63) is 0 Å². The summed E-state index contributed by atoms with van der Waals surface area (Å²) in [5.74, 6) is 0.835. The Morgan fingerprint density at radius 2 is 1.24 bits per heavy atom. The summed E-state index contributed by atoms with van der Waals surface area (Å²) in [5.41, 5.74) is -0.485. The fraction of sp³-hybridized carbons (Fsp3) is 1.00. The smallest absolute Gasteiger partial charge is 0.331 e. The maximum atomic E-state index is 6.16. The molecule has 0 radical (unpaired) electrons. The molecule has 148 valence electrons. The fourth-order valence-electron chi connectivity index (χ4n) is 3.67. The summed E-state index contributed by atoms with van der Waals surface area (Å²) in [7, 11) is -2.15. The predicted molar refractivity (Wildman–Crippen MR) is 102 cm³/mol. The van der Waals surface area contributed by atoms with E-state index in [1.54, 1.807) is 0 Å². The molecule has 25 heavy (non-hydrogen) atoms. The van der Waals surface area contributed by atoms with Gasteiger partial charge in [0.1, 0.15) is 11.4 Å². The first kappa shape index (κ1) is 21.3. The van der Waals surface area contributed by atoms with Gasteiger partial charge in [-0.1, -0.05) is 27.7 Å². The molecule has 0 aromatic carbocycles. The van der Waals surface area contributed by atoms with E-state index in [-0.39, 0.29) is 11.4 Å². The maximum absolute atomic E-state index is 6.16. The Morgan fingerprint density at radius 1 is 0.840 bits per heavy atom. The lowest BCUT2D eigenvalue weighted by atomic mass is 9.97. The van der Waals surface area contributed by atoms with Crippen molar-refractivity contribution in [2.75, 3.05) is 39.5 Å². The summed E-state index contributed by atoms with van der Waals surface area (Å²) in [4.78, 5) is 0. The van der Waals surface area contributed by atoms with E-state index in [9.17, 15) is 0 Å². The molecule has 2 aliphatic rings. The summed E-state index contributed by atoms with van der Waals surface area (Å²) in [6.45, 7) is 17.7. The van der Waals surface area contributed by atoms with E-state index < -0.39 is 8.56 Å². The van der Waals surface area contributed by atoms with Crippen LogP contribution in [0.4, 0.5) is 0 Å². The van der Waals surface area contributed by atoms with Crippen molar-refractivity contribution in [1.29, 1.82) is 0 Å². The second kappa shape index (κ2) is 8.78. The Balaban J connectivity index is 1.74. The van der Waals surface area contributed by atoms with E-state index in [4.69, 9.17) is 18.3 Å². The van der Waals surface area contributed by atoms with Gasteiger partial charge in [0.15, 0.2) is 0 Å². The lowest BCUT2D eigenvalue weighted by molar-refractivity contribution is -0.0676. The third-order valence-corrected chi connectivity index (χ3v) is 7.28. The zero-order chi connectivity index (χ0) is 18.6. The molecule has 6 nitrogen and oxygen atoms in total. The van der Waals surface area contributed by atoms with Gasteiger partial charge in [0.2, 0.25) is 0 Å². The van der Waals surface area contributed by atoms with Crippen LogP contribution in [0.3, 0.4) is 0 Å². The summed E-state index contributed by atoms with van der Waals surface area (Å²) in [6.07, 6.45) is 1.70. The number of nitrogens with one attached hydrogen (secondary N) is 2. The Kier molecular flexibility index (Phi) is 7.47. The zero-order valence-electron chi connectivity index (χ0n) is 16.9. The third kappa shape index (κ3) is 5.48. The largest absolute Gasteiger partial charge is 0.394 e. The van der Waals surface area contributed by atoms with Crippen LogP contribution in [0.15, 0.2) is 0 Å². The Morgan fingerprint density at radius 3 is 1.52 bits per heavy atom. The van der Waals surface area contributed by atoms with Gasteiger partial charge in [0.05, 0.1) is 13.2 Å². The standard InChI is InChI=1S/C18H38N2O4Si/c1-15(2)17(19-9-13-21-17)7-11-23-25(5,6)24-12-8-18(16(3)4)20-10-14-22-18/h15-16,19-20H,7-14H2,1-6H3. The topological polar surface area (TPSA) is 61.0 Å². The van der Waals surface area contributed by atoms with Gasteiger partial charge in [-0.25, -0.2) is 0 Å². The van der Waals surface area contributed by atoms with Gasteiger partial charge >= 0.3 is 8.56 Å². The highest BCUT2D eigenvalue weighted by Gasteiger charge is 2.40. The second-order valence-electron chi connectivity index (χ2n) is 8.24. The van der Waals surface area contributed by atoms with E-state index >= 15 is 0 Å². The van der Waals surface area contributed by atoms with Crippen molar-refractivity contribution in [2.24, 2.45) is 11.8 Å². The van der Waals surface area contributed by atoms with Gasteiger partial charge in [-0.05, 0) is 24.9 Å². The van der Waals surface area contributed by atoms with Crippen LogP contribution in [0.2, 0.25) is 13.1 Å². The molecule has 0 amide bonds. The average Bonchev–Trinajstić information content (AvgIpc) is 3.17. The van der Waals surface area contributed by atoms with Gasteiger partial charge in [0, 0.05) is 39.1 Å². The van der Waals surface area contributed by atoms with Gasteiger partial charge in [-0.3, -0.25) is 10.6 Å². The van der Waals surface area contributed by atoms with Crippen molar-refractivity contribution in [1.82, 2.24) is 10.6 Å². The van der Waals surface area contributed by atoms with Gasteiger partial charge in [0.25, 0.3) is 0 Å². The van der Waals surface area contributed by atoms with Crippen LogP contribution in [0, 0.1) is 11.8 Å². The van der Waals surface area contributed by atoms with E-state index in [2.05, 4.69) is 51.4 Å². The van der Waals surface area contributed by atoms with E-state index in [0.717, 1.165) is 39.1 Å². The minimum Gasteiger partial charge on any atom is -0.394 e. The predicted octanol–water partition coefficient (Wildman–Crippen LogP) is 2.45. The summed E-state index contributed by atoms with van der Waals surface area (Å²) >= 11 is 0. The Labute approximate surface area is 154 Å². The monoisotopic (exact) mass is 374 g/mol. The van der Waals surface area contributed by atoms with Crippen LogP contribution in [0.5, 0.6) is 0 Å². The normalized spacial score (nSPS) is 30.7. The van der Waals surface area contributed by atoms with E-state index in [1.165, 1.54) is 0 Å². The second-order valence-corrected chi connectivity index (χ2v) is 11.6. The molecular formula is C18H38N2O4Si. The lowest BCUT2D eigenvalue weighted by Gasteiger charge is -2.35. The van der Waals surface area contributed by atoms with Gasteiger partial charge in [-0.15, -0.1) is 0 Å². The molecule has 0 aliphatic carbocycles. The minimum atomic E-state index is -2.15. The number of hydrogen-bond donors (Lipinski definition) is 2. The minimum absolute atomic E-state index is 0.242. The first-order valence-corrected chi connectivity index (χ1v) is 12.6. The first-order valence-electron chi connectivity index (χ1n) is 9.77. The molecule has 2 aliphatic heterocycles. The summed E-state index contributed by atoms with van der Waals surface area (Å²) < 4.78 is 24.2. The van der Waals surface area contributed by atoms with Crippen LogP contribution in [-0.2, 0) is 18.3 Å². The first-order chi connectivity index (χ1) is 11.7. The molecule has 0 aromatic heterocycles. The SMILES string of the molecule is CC(C)C1(CCO[Si](C)(C)OCCC2(C(C)C)NCCO2)NCCO1. The quantitative estimate of drug-likeness (QED) is 0.573. The maximum Gasteiger partial charge on any atom is 0.331 e. The molecule has 2 fully saturated rings. The van der Waals surface area contributed by atoms with Gasteiger partial charge < -0.3 is 18.3 Å². The average molecular weight is 375 g/mol. The highest BCUT2D eigenvalue weighted by atomic mass is 28.4. The number of rotatable bonds is 10. The van der Waals surface area contributed by atoms with Crippen LogP contribution in [0.25, 0.3) is 0 Å². The molecule has 2 unspecified atom stereocenters. The summed E-state index contributed by atoms with van der Waals surface area (Å²) in [5, 5.41) is 7.00. The van der Waals surface area contributed by atoms with Crippen LogP contribution in [-0.4, -0.2) is 59.5 Å². The van der Waals surface area contributed by atoms with Crippen LogP contribution < -0.4 is 10.6 Å². The molecule has 2 N–H and O–H groups in total. The molecule has 0 bridgehead atoms. The molecule has 2 rings (SSSR count). The molecule has 7 heteroatoms. The molecule has 0 spiro atoms. The molecule has 2 atom stereocenters. The van der Waals surface area contributed by atoms with Crippen molar-refractivity contribution in [3.63, 3.8) is 0 Å². The lowest BCUT2D eigenvalue weighted by Crippen LogP contribution is -2.49. The third-order valence-electron chi connectivity index (χ3n) is 5.48. The number of ether oxygens (including phenoxy) is 2. The Bertz CT molecular complexity index is 370. The van der Waals surface area contributed by atoms with Crippen molar-refractivity contribution < 1.29 is 18.3 Å². The fourth-order valence-corrected chi connectivity index (χ4v) is 4.94. The molecule has 0 aromatic rings. The molecular weight excluding hydrogens is 336 g/mol. The van der Waals surface area contributed by atoms with Crippen LogP contribution >= 0.6 is 0 Å². The zero-order valence-corrected chi connectivity index (χ0v) is 17.9. The van der Waals surface area contributed by atoms with Crippen LogP contribution in [0.1, 0.15) is 40.5 Å². The van der Waals surface area contributed by atoms with Crippen molar-refractivity contribution >= 4 is 8.56 Å². The Hall–Kier alpha value is -0.0231.